The van der Waals surface area contributed by atoms with Crippen LogP contribution in [0.15, 0.2) is 18.3 Å². The Balaban J connectivity index is 2.04. The summed E-state index contributed by atoms with van der Waals surface area (Å²) in [5.41, 5.74) is 5.89. The summed E-state index contributed by atoms with van der Waals surface area (Å²) >= 11 is 0. The second-order valence-corrected chi connectivity index (χ2v) is 5.73. The molecule has 6 nitrogen and oxygen atoms in total. The minimum Gasteiger partial charge on any atom is -0.364 e. The van der Waals surface area contributed by atoms with E-state index < -0.39 is 5.91 Å². The second kappa shape index (κ2) is 6.56. The lowest BCUT2D eigenvalue weighted by Crippen LogP contribution is -2.48. The van der Waals surface area contributed by atoms with E-state index in [0.717, 1.165) is 19.4 Å². The molecule has 0 aliphatic carbocycles. The Morgan fingerprint density at radius 2 is 2.14 bits per heavy atom. The maximum Gasteiger partial charge on any atom is 0.322 e. The molecule has 1 aliphatic rings. The average Bonchev–Trinajstić information content (AvgIpc) is 2.47. The number of piperidine rings is 1. The molecule has 21 heavy (non-hydrogen) atoms. The van der Waals surface area contributed by atoms with Gasteiger partial charge in [0, 0.05) is 12.6 Å². The van der Waals surface area contributed by atoms with Crippen LogP contribution in [0, 0.1) is 5.92 Å². The number of primary amides is 1. The topological polar surface area (TPSA) is 88.3 Å². The van der Waals surface area contributed by atoms with Gasteiger partial charge in [-0.25, -0.2) is 9.78 Å². The first-order chi connectivity index (χ1) is 9.99. The fourth-order valence-electron chi connectivity index (χ4n) is 2.71. The standard InChI is InChI=1S/C15H22N4O2/c1-10(2)13-5-3-4-8-19(13)15(21)18-11-6-7-12(14(16)20)17-9-11/h6-7,9-10,13H,3-5,8H2,1-2H3,(H2,16,20)(H,18,21). The Labute approximate surface area is 124 Å². The third kappa shape index (κ3) is 3.71. The van der Waals surface area contributed by atoms with E-state index in [9.17, 15) is 9.59 Å². The molecule has 1 aromatic rings. The maximum absolute atomic E-state index is 12.4. The summed E-state index contributed by atoms with van der Waals surface area (Å²) in [6, 6.07) is 3.31. The van der Waals surface area contributed by atoms with Gasteiger partial charge < -0.3 is 16.0 Å². The van der Waals surface area contributed by atoms with E-state index in [1.807, 2.05) is 4.90 Å². The highest BCUT2D eigenvalue weighted by atomic mass is 16.2. The van der Waals surface area contributed by atoms with Gasteiger partial charge in [0.25, 0.3) is 5.91 Å². The van der Waals surface area contributed by atoms with Crippen molar-refractivity contribution in [3.8, 4) is 0 Å². The summed E-state index contributed by atoms with van der Waals surface area (Å²) in [5.74, 6) is -0.143. The number of urea groups is 1. The molecule has 3 amide bonds. The summed E-state index contributed by atoms with van der Waals surface area (Å²) in [6.45, 7) is 5.06. The van der Waals surface area contributed by atoms with E-state index in [0.29, 0.717) is 11.6 Å². The summed E-state index contributed by atoms with van der Waals surface area (Å²) in [4.78, 5) is 29.2. The number of pyridine rings is 1. The molecule has 0 radical (unpaired) electrons. The van der Waals surface area contributed by atoms with Gasteiger partial charge in [0.2, 0.25) is 0 Å². The monoisotopic (exact) mass is 290 g/mol. The Kier molecular flexibility index (Phi) is 4.77. The zero-order valence-electron chi connectivity index (χ0n) is 12.5. The van der Waals surface area contributed by atoms with Crippen molar-refractivity contribution in [2.45, 2.75) is 39.2 Å². The quantitative estimate of drug-likeness (QED) is 0.894. The van der Waals surface area contributed by atoms with Gasteiger partial charge in [-0.15, -0.1) is 0 Å². The summed E-state index contributed by atoms with van der Waals surface area (Å²) in [7, 11) is 0. The zero-order chi connectivity index (χ0) is 15.4. The number of amides is 3. The van der Waals surface area contributed by atoms with Crippen molar-refractivity contribution < 1.29 is 9.59 Å². The van der Waals surface area contributed by atoms with Crippen molar-refractivity contribution in [2.75, 3.05) is 11.9 Å². The van der Waals surface area contributed by atoms with Gasteiger partial charge in [0.05, 0.1) is 11.9 Å². The molecule has 6 heteroatoms. The molecular formula is C15H22N4O2. The smallest absolute Gasteiger partial charge is 0.322 e. The van der Waals surface area contributed by atoms with Crippen LogP contribution < -0.4 is 11.1 Å². The Morgan fingerprint density at radius 3 is 2.71 bits per heavy atom. The fourth-order valence-corrected chi connectivity index (χ4v) is 2.71. The minimum atomic E-state index is -0.580. The molecule has 0 bridgehead atoms. The number of nitrogens with two attached hydrogens (primary N) is 1. The number of likely N-dealkylation sites (tertiary alicyclic amines) is 1. The van der Waals surface area contributed by atoms with Crippen molar-refractivity contribution >= 4 is 17.6 Å². The second-order valence-electron chi connectivity index (χ2n) is 5.73. The summed E-state index contributed by atoms with van der Waals surface area (Å²) in [6.07, 6.45) is 4.70. The van der Waals surface area contributed by atoms with Crippen LogP contribution in [0.25, 0.3) is 0 Å². The normalized spacial score (nSPS) is 18.6. The number of carbonyl (C=O) groups excluding carboxylic acids is 2. The molecule has 0 aromatic carbocycles. The van der Waals surface area contributed by atoms with Gasteiger partial charge in [0.1, 0.15) is 5.69 Å². The maximum atomic E-state index is 12.4. The molecule has 1 saturated heterocycles. The van der Waals surface area contributed by atoms with Gasteiger partial charge in [0.15, 0.2) is 0 Å². The van der Waals surface area contributed by atoms with Crippen molar-refractivity contribution in [1.82, 2.24) is 9.88 Å². The third-order valence-electron chi connectivity index (χ3n) is 3.85. The number of hydrogen-bond donors (Lipinski definition) is 2. The minimum absolute atomic E-state index is 0.109. The molecular weight excluding hydrogens is 268 g/mol. The number of nitrogens with zero attached hydrogens (tertiary/aromatic N) is 2. The van der Waals surface area contributed by atoms with Gasteiger partial charge >= 0.3 is 6.03 Å². The van der Waals surface area contributed by atoms with Gasteiger partial charge in [-0.05, 0) is 37.3 Å². The van der Waals surface area contributed by atoms with Crippen LogP contribution in [0.5, 0.6) is 0 Å². The molecule has 1 aliphatic heterocycles. The SMILES string of the molecule is CC(C)C1CCCCN1C(=O)Nc1ccc(C(N)=O)nc1. The largest absolute Gasteiger partial charge is 0.364 e. The first-order valence-corrected chi connectivity index (χ1v) is 7.32. The number of carbonyl (C=O) groups is 2. The van der Waals surface area contributed by atoms with Crippen molar-refractivity contribution in [1.29, 1.82) is 0 Å². The highest BCUT2D eigenvalue weighted by molar-refractivity contribution is 5.92. The van der Waals surface area contributed by atoms with Crippen LogP contribution in [-0.2, 0) is 0 Å². The van der Waals surface area contributed by atoms with E-state index in [1.165, 1.54) is 18.7 Å². The fraction of sp³-hybridized carbons (Fsp3) is 0.533. The van der Waals surface area contributed by atoms with Crippen LogP contribution in [0.4, 0.5) is 10.5 Å². The van der Waals surface area contributed by atoms with Gasteiger partial charge in [-0.1, -0.05) is 13.8 Å². The zero-order valence-corrected chi connectivity index (χ0v) is 12.5. The van der Waals surface area contributed by atoms with Crippen molar-refractivity contribution in [3.05, 3.63) is 24.0 Å². The number of aromatic nitrogens is 1. The van der Waals surface area contributed by atoms with E-state index in [-0.39, 0.29) is 17.8 Å². The predicted octanol–water partition coefficient (Wildman–Crippen LogP) is 2.22. The number of rotatable bonds is 3. The van der Waals surface area contributed by atoms with E-state index in [1.54, 1.807) is 6.07 Å². The number of nitrogens with one attached hydrogen (secondary N) is 1. The molecule has 2 rings (SSSR count). The van der Waals surface area contributed by atoms with Gasteiger partial charge in [-0.2, -0.15) is 0 Å². The molecule has 3 N–H and O–H groups in total. The highest BCUT2D eigenvalue weighted by Crippen LogP contribution is 2.23. The van der Waals surface area contributed by atoms with Crippen LogP contribution in [-0.4, -0.2) is 34.4 Å². The van der Waals surface area contributed by atoms with Crippen LogP contribution >= 0.6 is 0 Å². The molecule has 0 spiro atoms. The number of hydrogen-bond acceptors (Lipinski definition) is 3. The molecule has 0 saturated carbocycles. The number of anilines is 1. The molecule has 1 aromatic heterocycles. The first kappa shape index (κ1) is 15.3. The summed E-state index contributed by atoms with van der Waals surface area (Å²) in [5, 5.41) is 2.84. The average molecular weight is 290 g/mol. The van der Waals surface area contributed by atoms with Crippen molar-refractivity contribution in [2.24, 2.45) is 11.7 Å². The third-order valence-corrected chi connectivity index (χ3v) is 3.85. The lowest BCUT2D eigenvalue weighted by atomic mass is 9.93. The Hall–Kier alpha value is -2.11. The summed E-state index contributed by atoms with van der Waals surface area (Å²) < 4.78 is 0. The van der Waals surface area contributed by atoms with E-state index in [2.05, 4.69) is 24.1 Å². The van der Waals surface area contributed by atoms with Gasteiger partial charge in [-0.3, -0.25) is 4.79 Å². The lowest BCUT2D eigenvalue weighted by molar-refractivity contribution is 0.0995. The molecule has 114 valence electrons. The molecule has 1 unspecified atom stereocenters. The van der Waals surface area contributed by atoms with Crippen molar-refractivity contribution in [3.63, 3.8) is 0 Å². The lowest BCUT2D eigenvalue weighted by Gasteiger charge is -2.38. The van der Waals surface area contributed by atoms with E-state index in [4.69, 9.17) is 5.73 Å². The Bertz CT molecular complexity index is 513. The molecule has 2 heterocycles. The first-order valence-electron chi connectivity index (χ1n) is 7.32. The highest BCUT2D eigenvalue weighted by Gasteiger charge is 2.28. The van der Waals surface area contributed by atoms with Crippen LogP contribution in [0.2, 0.25) is 0 Å². The van der Waals surface area contributed by atoms with Crippen LogP contribution in [0.3, 0.4) is 0 Å². The predicted molar refractivity (Wildman–Crippen MR) is 81.0 cm³/mol. The van der Waals surface area contributed by atoms with Crippen LogP contribution in [0.1, 0.15) is 43.6 Å². The molecule has 1 fully saturated rings. The Morgan fingerprint density at radius 1 is 1.38 bits per heavy atom. The van der Waals surface area contributed by atoms with E-state index >= 15 is 0 Å². The molecule has 1 atom stereocenters.